The molecule has 1 aliphatic heterocycles. The number of carbonyl (C=O) groups excluding carboxylic acids is 1. The van der Waals surface area contributed by atoms with Crippen LogP contribution in [0.1, 0.15) is 23.8 Å². The third-order valence-corrected chi connectivity index (χ3v) is 4.33. The fraction of sp³-hybridized carbons (Fsp3) is 0.389. The van der Waals surface area contributed by atoms with Crippen LogP contribution in [0.4, 0.5) is 5.82 Å². The minimum atomic E-state index is -0.899. The van der Waals surface area contributed by atoms with Crippen molar-refractivity contribution in [1.29, 1.82) is 0 Å². The van der Waals surface area contributed by atoms with Gasteiger partial charge in [-0.25, -0.2) is 4.79 Å². The highest BCUT2D eigenvalue weighted by atomic mass is 16.5. The van der Waals surface area contributed by atoms with Crippen LogP contribution >= 0.6 is 0 Å². The summed E-state index contributed by atoms with van der Waals surface area (Å²) in [6.45, 7) is -0.240. The molecule has 3 atom stereocenters. The molecule has 0 unspecified atom stereocenters. The summed E-state index contributed by atoms with van der Waals surface area (Å²) in [6, 6.07) is 9.23. The number of nitrogen functional groups attached to an aromatic ring is 1. The number of carbonyl (C=O) groups is 1. The summed E-state index contributed by atoms with van der Waals surface area (Å²) in [7, 11) is 0. The van der Waals surface area contributed by atoms with Gasteiger partial charge in [0, 0.05) is 18.2 Å². The first-order valence-corrected chi connectivity index (χ1v) is 8.49. The Hall–Kier alpha value is -2.75. The van der Waals surface area contributed by atoms with E-state index >= 15 is 0 Å². The second-order valence-electron chi connectivity index (χ2n) is 6.28. The van der Waals surface area contributed by atoms with Gasteiger partial charge in [0.2, 0.25) is 0 Å². The highest BCUT2D eigenvalue weighted by molar-refractivity contribution is 5.74. The maximum absolute atomic E-state index is 12.1. The van der Waals surface area contributed by atoms with Gasteiger partial charge in [-0.1, -0.05) is 30.3 Å². The molecule has 2 aromatic rings. The van der Waals surface area contributed by atoms with Gasteiger partial charge in [0.1, 0.15) is 24.8 Å². The smallest absolute Gasteiger partial charge is 0.351 e. The zero-order valence-electron chi connectivity index (χ0n) is 14.5. The summed E-state index contributed by atoms with van der Waals surface area (Å²) in [5.74, 6) is -0.580. The molecule has 1 fully saturated rings. The summed E-state index contributed by atoms with van der Waals surface area (Å²) in [5, 5.41) is 19.0. The van der Waals surface area contributed by atoms with E-state index in [0.717, 1.165) is 10.1 Å². The zero-order chi connectivity index (χ0) is 19.4. The van der Waals surface area contributed by atoms with Gasteiger partial charge in [0.15, 0.2) is 0 Å². The van der Waals surface area contributed by atoms with Crippen molar-refractivity contribution >= 4 is 11.8 Å². The predicted molar refractivity (Wildman–Crippen MR) is 94.5 cm³/mol. The van der Waals surface area contributed by atoms with E-state index in [4.69, 9.17) is 15.2 Å². The molecule has 9 nitrogen and oxygen atoms in total. The quantitative estimate of drug-likeness (QED) is 0.588. The molecule has 0 bridgehead atoms. The van der Waals surface area contributed by atoms with Gasteiger partial charge >= 0.3 is 11.7 Å². The first-order valence-electron chi connectivity index (χ1n) is 8.49. The van der Waals surface area contributed by atoms with Crippen LogP contribution in [0.3, 0.4) is 0 Å². The fourth-order valence-electron chi connectivity index (χ4n) is 2.86. The van der Waals surface area contributed by atoms with Crippen molar-refractivity contribution in [2.24, 2.45) is 0 Å². The molecule has 0 radical (unpaired) electrons. The zero-order valence-corrected chi connectivity index (χ0v) is 14.5. The maximum atomic E-state index is 12.1. The second kappa shape index (κ2) is 8.30. The minimum Gasteiger partial charge on any atom is -0.461 e. The number of aliphatic hydroxyl groups is 2. The van der Waals surface area contributed by atoms with Crippen LogP contribution in [-0.4, -0.2) is 44.5 Å². The van der Waals surface area contributed by atoms with Crippen molar-refractivity contribution in [3.8, 4) is 0 Å². The molecule has 1 saturated heterocycles. The van der Waals surface area contributed by atoms with E-state index in [0.29, 0.717) is 5.56 Å². The number of aromatic nitrogens is 2. The molecule has 3 rings (SSSR count). The molecule has 144 valence electrons. The van der Waals surface area contributed by atoms with Gasteiger partial charge in [-0.15, -0.1) is 0 Å². The lowest BCUT2D eigenvalue weighted by atomic mass is 10.2. The maximum Gasteiger partial charge on any atom is 0.351 e. The molecule has 0 aliphatic carbocycles. The number of anilines is 1. The van der Waals surface area contributed by atoms with Crippen LogP contribution in [0.15, 0.2) is 41.3 Å². The normalized spacial score (nSPS) is 21.9. The molecule has 0 saturated carbocycles. The van der Waals surface area contributed by atoms with Gasteiger partial charge in [0.25, 0.3) is 0 Å². The molecular weight excluding hydrogens is 354 g/mol. The molecule has 2 heterocycles. The largest absolute Gasteiger partial charge is 0.461 e. The molecule has 0 amide bonds. The molecule has 0 spiro atoms. The van der Waals surface area contributed by atoms with Crippen molar-refractivity contribution < 1.29 is 24.5 Å². The number of ether oxygens (including phenoxy) is 2. The molecule has 9 heteroatoms. The average Bonchev–Trinajstić information content (AvgIpc) is 3.03. The Morgan fingerprint density at radius 3 is 2.78 bits per heavy atom. The van der Waals surface area contributed by atoms with Crippen molar-refractivity contribution in [3.63, 3.8) is 0 Å². The Balaban J connectivity index is 1.70. The third-order valence-electron chi connectivity index (χ3n) is 4.33. The summed E-state index contributed by atoms with van der Waals surface area (Å²) >= 11 is 0. The molecule has 4 N–H and O–H groups in total. The van der Waals surface area contributed by atoms with E-state index < -0.39 is 30.1 Å². The Bertz CT molecular complexity index is 854. The second-order valence-corrected chi connectivity index (χ2v) is 6.28. The van der Waals surface area contributed by atoms with Crippen LogP contribution in [0, 0.1) is 0 Å². The topological polar surface area (TPSA) is 137 Å². The van der Waals surface area contributed by atoms with Crippen LogP contribution in [0.25, 0.3) is 0 Å². The van der Waals surface area contributed by atoms with Crippen LogP contribution < -0.4 is 11.4 Å². The van der Waals surface area contributed by atoms with Gasteiger partial charge in [0.05, 0.1) is 19.1 Å². The number of hydrogen-bond acceptors (Lipinski definition) is 8. The lowest BCUT2D eigenvalue weighted by Gasteiger charge is -2.16. The number of nitrogens with zero attached hydrogens (tertiary/aromatic N) is 2. The Kier molecular flexibility index (Phi) is 5.84. The van der Waals surface area contributed by atoms with Crippen molar-refractivity contribution in [2.45, 2.75) is 37.9 Å². The van der Waals surface area contributed by atoms with Crippen molar-refractivity contribution in [1.82, 2.24) is 9.55 Å². The molecule has 27 heavy (non-hydrogen) atoms. The number of esters is 1. The fourth-order valence-corrected chi connectivity index (χ4v) is 2.86. The van der Waals surface area contributed by atoms with Gasteiger partial charge in [-0.05, 0) is 5.56 Å². The minimum absolute atomic E-state index is 0.0647. The van der Waals surface area contributed by atoms with Crippen molar-refractivity contribution in [3.05, 3.63) is 58.1 Å². The highest BCUT2D eigenvalue weighted by Gasteiger charge is 2.35. The number of benzene rings is 1. The summed E-state index contributed by atoms with van der Waals surface area (Å²) in [5.41, 5.74) is 6.27. The SMILES string of the molecule is Nc1nc(=O)n([C@@H]2C[C@@H](O)[C@H](CO)O2)cc1CC(=O)OCc1ccccc1. The Morgan fingerprint density at radius 2 is 2.11 bits per heavy atom. The third kappa shape index (κ3) is 4.51. The lowest BCUT2D eigenvalue weighted by molar-refractivity contribution is -0.144. The number of hydrogen-bond donors (Lipinski definition) is 3. The average molecular weight is 375 g/mol. The Labute approximate surface area is 155 Å². The van der Waals surface area contributed by atoms with E-state index in [-0.39, 0.29) is 31.9 Å². The highest BCUT2D eigenvalue weighted by Crippen LogP contribution is 2.27. The van der Waals surface area contributed by atoms with E-state index in [9.17, 15) is 19.8 Å². The molecule has 1 aromatic heterocycles. The van der Waals surface area contributed by atoms with Gasteiger partial charge < -0.3 is 25.4 Å². The van der Waals surface area contributed by atoms with E-state index in [2.05, 4.69) is 4.98 Å². The number of rotatable bonds is 6. The van der Waals surface area contributed by atoms with Crippen LogP contribution in [0.2, 0.25) is 0 Å². The number of nitrogens with two attached hydrogens (primary N) is 1. The summed E-state index contributed by atoms with van der Waals surface area (Å²) in [6.07, 6.45) is -1.13. The van der Waals surface area contributed by atoms with Gasteiger partial charge in [-0.2, -0.15) is 4.98 Å². The summed E-state index contributed by atoms with van der Waals surface area (Å²) < 4.78 is 11.8. The van der Waals surface area contributed by atoms with Gasteiger partial charge in [-0.3, -0.25) is 9.36 Å². The Morgan fingerprint density at radius 1 is 1.37 bits per heavy atom. The van der Waals surface area contributed by atoms with E-state index in [1.807, 2.05) is 30.3 Å². The first kappa shape index (κ1) is 19.0. The molecule has 1 aromatic carbocycles. The van der Waals surface area contributed by atoms with Crippen molar-refractivity contribution in [2.75, 3.05) is 12.3 Å². The molecular formula is C18H21N3O6. The standard InChI is InChI=1S/C18H21N3O6/c19-17-12(6-16(24)26-10-11-4-2-1-3-5-11)8-21(18(25)20-17)15-7-13(23)14(9-22)27-15/h1-5,8,13-15,22-23H,6-7,9-10H2,(H2,19,20,25)/t13-,14+,15+/m1/s1. The van der Waals surface area contributed by atoms with E-state index in [1.165, 1.54) is 6.20 Å². The number of aliphatic hydroxyl groups excluding tert-OH is 2. The predicted octanol–water partition coefficient (Wildman–Crippen LogP) is -0.248. The monoisotopic (exact) mass is 375 g/mol. The van der Waals surface area contributed by atoms with Crippen LogP contribution in [0.5, 0.6) is 0 Å². The molecule has 1 aliphatic rings. The lowest BCUT2D eigenvalue weighted by Crippen LogP contribution is -2.29. The summed E-state index contributed by atoms with van der Waals surface area (Å²) in [4.78, 5) is 27.9. The first-order chi connectivity index (χ1) is 13.0. The van der Waals surface area contributed by atoms with E-state index in [1.54, 1.807) is 0 Å². The van der Waals surface area contributed by atoms with Crippen LogP contribution in [-0.2, 0) is 27.3 Å².